The first-order chi connectivity index (χ1) is 14.0. The van der Waals surface area contributed by atoms with Crippen LogP contribution in [0.4, 0.5) is 5.69 Å². The fraction of sp³-hybridized carbons (Fsp3) is 0.130. The fourth-order valence-corrected chi connectivity index (χ4v) is 2.71. The van der Waals surface area contributed by atoms with E-state index in [9.17, 15) is 9.59 Å². The summed E-state index contributed by atoms with van der Waals surface area (Å²) in [6.07, 6.45) is -0.963. The molecule has 1 amide bonds. The van der Waals surface area contributed by atoms with Crippen molar-refractivity contribution in [2.24, 2.45) is 0 Å². The van der Waals surface area contributed by atoms with Crippen molar-refractivity contribution >= 4 is 29.2 Å². The van der Waals surface area contributed by atoms with Gasteiger partial charge in [0.1, 0.15) is 12.4 Å². The number of anilines is 1. The summed E-state index contributed by atoms with van der Waals surface area (Å²) in [4.78, 5) is 24.4. The van der Waals surface area contributed by atoms with E-state index in [1.807, 2.05) is 30.3 Å². The fourth-order valence-electron chi connectivity index (χ4n) is 2.52. The number of ether oxygens (including phenoxy) is 2. The van der Waals surface area contributed by atoms with Gasteiger partial charge in [-0.05, 0) is 55.0 Å². The van der Waals surface area contributed by atoms with Crippen molar-refractivity contribution in [1.82, 2.24) is 0 Å². The Kier molecular flexibility index (Phi) is 6.87. The molecule has 0 aliphatic rings. The van der Waals surface area contributed by atoms with Crippen LogP contribution in [0, 0.1) is 0 Å². The number of esters is 1. The molecule has 0 radical (unpaired) electrons. The smallest absolute Gasteiger partial charge is 0.338 e. The van der Waals surface area contributed by atoms with Gasteiger partial charge < -0.3 is 14.8 Å². The van der Waals surface area contributed by atoms with Crippen LogP contribution in [-0.2, 0) is 16.1 Å². The molecule has 6 heteroatoms. The molecule has 1 N–H and O–H groups in total. The van der Waals surface area contributed by atoms with E-state index in [-0.39, 0.29) is 5.56 Å². The summed E-state index contributed by atoms with van der Waals surface area (Å²) in [6.45, 7) is 1.97. The summed E-state index contributed by atoms with van der Waals surface area (Å²) in [5.74, 6) is -0.356. The predicted molar refractivity (Wildman–Crippen MR) is 112 cm³/mol. The number of halogens is 1. The van der Waals surface area contributed by atoms with Gasteiger partial charge in [-0.1, -0.05) is 48.0 Å². The average molecular weight is 410 g/mol. The number of rotatable bonds is 7. The highest BCUT2D eigenvalue weighted by atomic mass is 35.5. The molecule has 5 nitrogen and oxygen atoms in total. The quantitative estimate of drug-likeness (QED) is 0.551. The molecule has 0 saturated carbocycles. The normalized spacial score (nSPS) is 11.4. The maximum absolute atomic E-state index is 12.3. The van der Waals surface area contributed by atoms with Crippen LogP contribution < -0.4 is 10.1 Å². The summed E-state index contributed by atoms with van der Waals surface area (Å²) in [6, 6.07) is 23.2. The number of nitrogens with one attached hydrogen (secondary N) is 1. The zero-order valence-corrected chi connectivity index (χ0v) is 16.6. The molecular weight excluding hydrogens is 390 g/mol. The van der Waals surface area contributed by atoms with Crippen LogP contribution >= 0.6 is 11.6 Å². The van der Waals surface area contributed by atoms with E-state index in [0.717, 1.165) is 5.56 Å². The third-order valence-corrected chi connectivity index (χ3v) is 4.32. The van der Waals surface area contributed by atoms with Crippen molar-refractivity contribution in [2.75, 3.05) is 5.32 Å². The van der Waals surface area contributed by atoms with Crippen molar-refractivity contribution in [3.05, 3.63) is 95.0 Å². The van der Waals surface area contributed by atoms with Gasteiger partial charge in [0, 0.05) is 10.7 Å². The van der Waals surface area contributed by atoms with Gasteiger partial charge in [-0.2, -0.15) is 0 Å². The summed E-state index contributed by atoms with van der Waals surface area (Å²) in [5, 5.41) is 3.14. The lowest BCUT2D eigenvalue weighted by Gasteiger charge is -2.14. The molecule has 3 rings (SSSR count). The van der Waals surface area contributed by atoms with E-state index >= 15 is 0 Å². The zero-order valence-electron chi connectivity index (χ0n) is 15.8. The molecule has 0 heterocycles. The van der Waals surface area contributed by atoms with Gasteiger partial charge in [0.2, 0.25) is 0 Å². The minimum absolute atomic E-state index is 0.289. The predicted octanol–water partition coefficient (Wildman–Crippen LogP) is 5.10. The highest BCUT2D eigenvalue weighted by molar-refractivity contribution is 6.30. The van der Waals surface area contributed by atoms with Gasteiger partial charge in [0.05, 0.1) is 5.56 Å². The average Bonchev–Trinajstić information content (AvgIpc) is 2.74. The molecule has 0 aromatic heterocycles. The van der Waals surface area contributed by atoms with Crippen LogP contribution in [0.5, 0.6) is 5.75 Å². The number of hydrogen-bond donors (Lipinski definition) is 1. The molecule has 0 aliphatic heterocycles. The Morgan fingerprint density at radius 1 is 0.966 bits per heavy atom. The standard InChI is InChI=1S/C23H20ClNO4/c1-16(29-23(27)18-8-5-9-19(24)14-18)22(26)25-20-10-12-21(13-11-20)28-15-17-6-3-2-4-7-17/h2-14,16H,15H2,1H3,(H,25,26)/t16-/m0/s1. The third kappa shape index (κ3) is 6.09. The molecule has 0 saturated heterocycles. The Bertz CT molecular complexity index is 974. The number of carbonyl (C=O) groups is 2. The monoisotopic (exact) mass is 409 g/mol. The molecule has 0 unspecified atom stereocenters. The molecule has 3 aromatic rings. The largest absolute Gasteiger partial charge is 0.489 e. The maximum Gasteiger partial charge on any atom is 0.338 e. The second kappa shape index (κ2) is 9.75. The summed E-state index contributed by atoms with van der Waals surface area (Å²) < 4.78 is 10.9. The number of hydrogen-bond acceptors (Lipinski definition) is 4. The second-order valence-corrected chi connectivity index (χ2v) is 6.78. The van der Waals surface area contributed by atoms with E-state index in [0.29, 0.717) is 23.1 Å². The lowest BCUT2D eigenvalue weighted by atomic mass is 10.2. The van der Waals surface area contributed by atoms with Crippen molar-refractivity contribution in [1.29, 1.82) is 0 Å². The highest BCUT2D eigenvalue weighted by Crippen LogP contribution is 2.18. The molecule has 148 valence electrons. The Morgan fingerprint density at radius 2 is 1.69 bits per heavy atom. The van der Waals surface area contributed by atoms with Crippen LogP contribution in [0.2, 0.25) is 5.02 Å². The van der Waals surface area contributed by atoms with Crippen LogP contribution in [0.25, 0.3) is 0 Å². The van der Waals surface area contributed by atoms with Crippen molar-refractivity contribution in [2.45, 2.75) is 19.6 Å². The maximum atomic E-state index is 12.3. The van der Waals surface area contributed by atoms with Gasteiger partial charge in [-0.3, -0.25) is 4.79 Å². The van der Waals surface area contributed by atoms with Crippen LogP contribution in [0.3, 0.4) is 0 Å². The van der Waals surface area contributed by atoms with Crippen LogP contribution in [-0.4, -0.2) is 18.0 Å². The summed E-state index contributed by atoms with van der Waals surface area (Å²) >= 11 is 5.87. The van der Waals surface area contributed by atoms with E-state index in [2.05, 4.69) is 5.32 Å². The molecular formula is C23H20ClNO4. The summed E-state index contributed by atoms with van der Waals surface area (Å²) in [7, 11) is 0. The van der Waals surface area contributed by atoms with E-state index < -0.39 is 18.0 Å². The first kappa shape index (κ1) is 20.4. The Morgan fingerprint density at radius 3 is 2.38 bits per heavy atom. The first-order valence-electron chi connectivity index (χ1n) is 9.05. The van der Waals surface area contributed by atoms with Gasteiger partial charge >= 0.3 is 5.97 Å². The van der Waals surface area contributed by atoms with Crippen LogP contribution in [0.1, 0.15) is 22.8 Å². The van der Waals surface area contributed by atoms with Gasteiger partial charge in [0.15, 0.2) is 6.10 Å². The van der Waals surface area contributed by atoms with E-state index in [1.165, 1.54) is 13.0 Å². The molecule has 29 heavy (non-hydrogen) atoms. The highest BCUT2D eigenvalue weighted by Gasteiger charge is 2.19. The summed E-state index contributed by atoms with van der Waals surface area (Å²) in [5.41, 5.74) is 1.94. The molecule has 0 fully saturated rings. The second-order valence-electron chi connectivity index (χ2n) is 6.35. The Hall–Kier alpha value is -3.31. The lowest BCUT2D eigenvalue weighted by molar-refractivity contribution is -0.123. The SMILES string of the molecule is C[C@H](OC(=O)c1cccc(Cl)c1)C(=O)Nc1ccc(OCc2ccccc2)cc1. The van der Waals surface area contributed by atoms with E-state index in [1.54, 1.807) is 42.5 Å². The molecule has 3 aromatic carbocycles. The minimum atomic E-state index is -0.963. The Balaban J connectivity index is 1.51. The molecule has 0 bridgehead atoms. The lowest BCUT2D eigenvalue weighted by Crippen LogP contribution is -2.30. The van der Waals surface area contributed by atoms with Crippen molar-refractivity contribution < 1.29 is 19.1 Å². The Labute approximate surface area is 174 Å². The molecule has 1 atom stereocenters. The van der Waals surface area contributed by atoms with Crippen molar-refractivity contribution in [3.63, 3.8) is 0 Å². The molecule has 0 aliphatic carbocycles. The van der Waals surface area contributed by atoms with Crippen LogP contribution in [0.15, 0.2) is 78.9 Å². The third-order valence-electron chi connectivity index (χ3n) is 4.08. The van der Waals surface area contributed by atoms with E-state index in [4.69, 9.17) is 21.1 Å². The molecule has 0 spiro atoms. The number of benzene rings is 3. The van der Waals surface area contributed by atoms with Gasteiger partial charge in [-0.25, -0.2) is 4.79 Å². The topological polar surface area (TPSA) is 64.6 Å². The van der Waals surface area contributed by atoms with Crippen molar-refractivity contribution in [3.8, 4) is 5.75 Å². The van der Waals surface area contributed by atoms with Gasteiger partial charge in [-0.15, -0.1) is 0 Å². The zero-order chi connectivity index (χ0) is 20.6. The first-order valence-corrected chi connectivity index (χ1v) is 9.43. The number of carbonyl (C=O) groups excluding carboxylic acids is 2. The minimum Gasteiger partial charge on any atom is -0.489 e. The van der Waals surface area contributed by atoms with Gasteiger partial charge in [0.25, 0.3) is 5.91 Å². The number of amides is 1.